The van der Waals surface area contributed by atoms with Crippen LogP contribution in [-0.2, 0) is 22.4 Å². The Balaban J connectivity index is 1.16. The number of hydrogen-bond donors (Lipinski definition) is 4. The molecule has 0 atom stereocenters. The van der Waals surface area contributed by atoms with E-state index in [0.717, 1.165) is 22.2 Å². The van der Waals surface area contributed by atoms with Gasteiger partial charge in [-0.05, 0) is 47.5 Å². The van der Waals surface area contributed by atoms with E-state index in [2.05, 4.69) is 41.5 Å². The van der Waals surface area contributed by atoms with Gasteiger partial charge in [-0.15, -0.1) is 0 Å². The highest BCUT2D eigenvalue weighted by Gasteiger charge is 2.09. The average molecular weight is 426 g/mol. The van der Waals surface area contributed by atoms with Crippen LogP contribution in [0.2, 0.25) is 0 Å². The molecule has 0 aliphatic rings. The zero-order chi connectivity index (χ0) is 21.9. The van der Waals surface area contributed by atoms with Gasteiger partial charge in [0.15, 0.2) is 0 Å². The molecule has 10 heteroatoms. The number of amides is 2. The number of nitrogens with zero attached hydrogens (tertiary/aromatic N) is 4. The number of fused-ring (bicyclic) bond motifs is 2. The lowest BCUT2D eigenvalue weighted by atomic mass is 10.1. The van der Waals surface area contributed by atoms with Gasteiger partial charge in [0, 0.05) is 11.4 Å². The van der Waals surface area contributed by atoms with E-state index in [1.807, 2.05) is 24.3 Å². The van der Waals surface area contributed by atoms with E-state index < -0.39 is 0 Å². The Hall–Kier alpha value is -4.60. The largest absolute Gasteiger partial charge is 0.326 e. The van der Waals surface area contributed by atoms with Crippen molar-refractivity contribution >= 4 is 45.3 Å². The summed E-state index contributed by atoms with van der Waals surface area (Å²) in [5.74, 6) is -0.275. The van der Waals surface area contributed by atoms with Crippen LogP contribution in [0.25, 0.3) is 22.1 Å². The summed E-state index contributed by atoms with van der Waals surface area (Å²) in [5.41, 5.74) is 5.87. The topological polar surface area (TPSA) is 141 Å². The molecule has 0 fully saturated rings. The second-order valence-electron chi connectivity index (χ2n) is 7.32. The van der Waals surface area contributed by atoms with Crippen LogP contribution in [0.5, 0.6) is 0 Å². The normalized spacial score (nSPS) is 11.0. The molecule has 3 aromatic carbocycles. The summed E-state index contributed by atoms with van der Waals surface area (Å²) in [4.78, 5) is 24.7. The first-order chi connectivity index (χ1) is 15.6. The summed E-state index contributed by atoms with van der Waals surface area (Å²) >= 11 is 0. The van der Waals surface area contributed by atoms with Crippen molar-refractivity contribution in [1.82, 2.24) is 30.8 Å². The standard InChI is InChI=1S/C22H18N8O2/c31-21(23-15-5-7-17-19(11-15)27-29-25-17)9-13-1-2-14(4-3-13)10-22(32)24-16-6-8-18-20(12-16)28-30-26-18/h1-8,11-12H,9-10H2,(H,23,31)(H,24,32)(H,25,27,29)(H,26,28,30). The summed E-state index contributed by atoms with van der Waals surface area (Å²) in [7, 11) is 0. The fraction of sp³-hybridized carbons (Fsp3) is 0.0909. The number of aromatic amines is 2. The zero-order valence-electron chi connectivity index (χ0n) is 16.8. The lowest BCUT2D eigenvalue weighted by molar-refractivity contribution is -0.116. The van der Waals surface area contributed by atoms with E-state index in [1.54, 1.807) is 36.4 Å². The molecule has 158 valence electrons. The molecule has 5 aromatic rings. The Bertz CT molecular complexity index is 1310. The Kier molecular flexibility index (Phi) is 5.00. The van der Waals surface area contributed by atoms with Crippen molar-refractivity contribution in [2.24, 2.45) is 0 Å². The number of carbonyl (C=O) groups excluding carboxylic acids is 2. The summed E-state index contributed by atoms with van der Waals surface area (Å²) < 4.78 is 0. The van der Waals surface area contributed by atoms with Gasteiger partial charge in [0.1, 0.15) is 22.1 Å². The Morgan fingerprint density at radius 3 is 1.44 bits per heavy atom. The number of carbonyl (C=O) groups is 2. The van der Waals surface area contributed by atoms with E-state index in [0.29, 0.717) is 22.4 Å². The third-order valence-corrected chi connectivity index (χ3v) is 4.95. The number of rotatable bonds is 6. The Morgan fingerprint density at radius 1 is 0.594 bits per heavy atom. The lowest BCUT2D eigenvalue weighted by Gasteiger charge is -2.07. The minimum Gasteiger partial charge on any atom is -0.326 e. The minimum atomic E-state index is -0.137. The smallest absolute Gasteiger partial charge is 0.228 e. The third kappa shape index (κ3) is 4.29. The van der Waals surface area contributed by atoms with Crippen molar-refractivity contribution < 1.29 is 9.59 Å². The molecule has 2 amide bonds. The number of nitrogens with one attached hydrogen (secondary N) is 4. The van der Waals surface area contributed by atoms with Gasteiger partial charge < -0.3 is 10.6 Å². The predicted octanol–water partition coefficient (Wildman–Crippen LogP) is 2.59. The number of anilines is 2. The summed E-state index contributed by atoms with van der Waals surface area (Å²) in [6, 6.07) is 18.1. The molecule has 0 saturated heterocycles. The van der Waals surface area contributed by atoms with E-state index in [-0.39, 0.29) is 24.7 Å². The molecule has 0 aliphatic carbocycles. The minimum absolute atomic E-state index is 0.137. The first-order valence-corrected chi connectivity index (χ1v) is 9.91. The van der Waals surface area contributed by atoms with Crippen molar-refractivity contribution in [3.05, 3.63) is 71.8 Å². The van der Waals surface area contributed by atoms with Gasteiger partial charge >= 0.3 is 0 Å². The zero-order valence-corrected chi connectivity index (χ0v) is 16.8. The lowest BCUT2D eigenvalue weighted by Crippen LogP contribution is -2.15. The maximum Gasteiger partial charge on any atom is 0.228 e. The fourth-order valence-corrected chi connectivity index (χ4v) is 3.39. The van der Waals surface area contributed by atoms with Gasteiger partial charge in [0.05, 0.1) is 12.8 Å². The molecule has 0 unspecified atom stereocenters. The molecule has 32 heavy (non-hydrogen) atoms. The van der Waals surface area contributed by atoms with E-state index in [1.165, 1.54) is 0 Å². The van der Waals surface area contributed by atoms with Gasteiger partial charge in [-0.2, -0.15) is 30.8 Å². The Morgan fingerprint density at radius 2 is 1.00 bits per heavy atom. The van der Waals surface area contributed by atoms with Crippen LogP contribution in [-0.4, -0.2) is 42.6 Å². The van der Waals surface area contributed by atoms with Gasteiger partial charge in [-0.1, -0.05) is 24.3 Å². The quantitative estimate of drug-likeness (QED) is 0.329. The van der Waals surface area contributed by atoms with Crippen LogP contribution in [0.3, 0.4) is 0 Å². The molecule has 0 aliphatic heterocycles. The van der Waals surface area contributed by atoms with Gasteiger partial charge in [0.2, 0.25) is 11.8 Å². The van der Waals surface area contributed by atoms with Crippen molar-refractivity contribution in [3.63, 3.8) is 0 Å². The number of hydrogen-bond acceptors (Lipinski definition) is 6. The van der Waals surface area contributed by atoms with Crippen LogP contribution in [0.4, 0.5) is 11.4 Å². The predicted molar refractivity (Wildman–Crippen MR) is 119 cm³/mol. The van der Waals surface area contributed by atoms with Gasteiger partial charge in [0.25, 0.3) is 0 Å². The van der Waals surface area contributed by atoms with Crippen molar-refractivity contribution in [1.29, 1.82) is 0 Å². The van der Waals surface area contributed by atoms with Crippen LogP contribution in [0.15, 0.2) is 60.7 Å². The highest BCUT2D eigenvalue weighted by molar-refractivity contribution is 5.95. The van der Waals surface area contributed by atoms with E-state index >= 15 is 0 Å². The summed E-state index contributed by atoms with van der Waals surface area (Å²) in [6.07, 6.45) is 0.447. The van der Waals surface area contributed by atoms with E-state index in [4.69, 9.17) is 0 Å². The molecular weight excluding hydrogens is 408 g/mol. The number of benzene rings is 3. The molecule has 2 aromatic heterocycles. The van der Waals surface area contributed by atoms with Gasteiger partial charge in [-0.3, -0.25) is 9.59 Å². The first kappa shape index (κ1) is 19.4. The van der Waals surface area contributed by atoms with Crippen LogP contribution < -0.4 is 10.6 Å². The third-order valence-electron chi connectivity index (χ3n) is 4.95. The van der Waals surface area contributed by atoms with Crippen LogP contribution >= 0.6 is 0 Å². The molecule has 0 saturated carbocycles. The number of aromatic nitrogens is 6. The molecule has 0 spiro atoms. The SMILES string of the molecule is O=C(Cc1ccc(CC(=O)Nc2ccc3n[nH]nc3c2)cc1)Nc1ccc2n[nH]nc2c1. The molecule has 0 radical (unpaired) electrons. The van der Waals surface area contributed by atoms with Crippen LogP contribution in [0, 0.1) is 0 Å². The molecule has 10 nitrogen and oxygen atoms in total. The van der Waals surface area contributed by atoms with E-state index in [9.17, 15) is 9.59 Å². The first-order valence-electron chi connectivity index (χ1n) is 9.91. The number of H-pyrrole nitrogens is 2. The average Bonchev–Trinajstić information content (AvgIpc) is 3.43. The van der Waals surface area contributed by atoms with Gasteiger partial charge in [-0.25, -0.2) is 0 Å². The van der Waals surface area contributed by atoms with Crippen LogP contribution in [0.1, 0.15) is 11.1 Å². The highest BCUT2D eigenvalue weighted by atomic mass is 16.2. The second kappa shape index (κ2) is 8.26. The molecule has 5 rings (SSSR count). The molecule has 4 N–H and O–H groups in total. The maximum absolute atomic E-state index is 12.4. The summed E-state index contributed by atoms with van der Waals surface area (Å²) in [5, 5.41) is 26.8. The van der Waals surface area contributed by atoms with Crippen molar-refractivity contribution in [3.8, 4) is 0 Å². The molecular formula is C22H18N8O2. The highest BCUT2D eigenvalue weighted by Crippen LogP contribution is 2.17. The summed E-state index contributed by atoms with van der Waals surface area (Å²) in [6.45, 7) is 0. The maximum atomic E-state index is 12.4. The monoisotopic (exact) mass is 426 g/mol. The van der Waals surface area contributed by atoms with Crippen molar-refractivity contribution in [2.45, 2.75) is 12.8 Å². The Labute approximate surface area is 181 Å². The van der Waals surface area contributed by atoms with Crippen molar-refractivity contribution in [2.75, 3.05) is 10.6 Å². The second-order valence-corrected chi connectivity index (χ2v) is 7.32. The molecule has 2 heterocycles. The fourth-order valence-electron chi connectivity index (χ4n) is 3.39. The molecule has 0 bridgehead atoms.